The van der Waals surface area contributed by atoms with E-state index in [9.17, 15) is 19.6 Å². The van der Waals surface area contributed by atoms with Gasteiger partial charge in [-0.25, -0.2) is 4.57 Å². The Morgan fingerprint density at radius 1 is 1.26 bits per heavy atom. The van der Waals surface area contributed by atoms with Crippen molar-refractivity contribution in [2.75, 3.05) is 0 Å². The van der Waals surface area contributed by atoms with E-state index in [1.807, 2.05) is 0 Å². The van der Waals surface area contributed by atoms with Gasteiger partial charge in [0, 0.05) is 5.92 Å². The van der Waals surface area contributed by atoms with Crippen molar-refractivity contribution in [3.63, 3.8) is 0 Å². The molecular weight excluding hydrogens is 321 g/mol. The number of phenolic OH excluding ortho intramolecular Hbond substituents is 1. The van der Waals surface area contributed by atoms with Crippen LogP contribution in [-0.2, 0) is 9.36 Å². The van der Waals surface area contributed by atoms with Crippen LogP contribution in [0.1, 0.15) is 18.4 Å². The van der Waals surface area contributed by atoms with Crippen LogP contribution in [-0.4, -0.2) is 31.5 Å². The predicted octanol–water partition coefficient (Wildman–Crippen LogP) is 2.23. The van der Waals surface area contributed by atoms with E-state index in [4.69, 9.17) is 9.79 Å². The molecule has 0 bridgehead atoms. The van der Waals surface area contributed by atoms with Crippen molar-refractivity contribution in [1.82, 2.24) is 0 Å². The van der Waals surface area contributed by atoms with E-state index >= 15 is 0 Å². The number of phenols is 1. The summed E-state index contributed by atoms with van der Waals surface area (Å²) >= 11 is 0. The summed E-state index contributed by atoms with van der Waals surface area (Å²) in [6.07, 6.45) is 3.60. The van der Waals surface area contributed by atoms with Gasteiger partial charge in [0.05, 0.1) is 11.6 Å². The van der Waals surface area contributed by atoms with Gasteiger partial charge in [-0.1, -0.05) is 19.1 Å². The van der Waals surface area contributed by atoms with Crippen LogP contribution in [0.2, 0.25) is 0 Å². The maximum absolute atomic E-state index is 12.6. The van der Waals surface area contributed by atoms with E-state index in [0.29, 0.717) is 5.56 Å². The van der Waals surface area contributed by atoms with Crippen molar-refractivity contribution < 1.29 is 29.4 Å². The van der Waals surface area contributed by atoms with Gasteiger partial charge in [-0.2, -0.15) is 4.76 Å². The third kappa shape index (κ3) is 4.39. The summed E-state index contributed by atoms with van der Waals surface area (Å²) in [6.45, 7) is 1.61. The van der Waals surface area contributed by atoms with E-state index in [2.05, 4.69) is 4.76 Å². The normalized spacial score (nSPS) is 21.1. The molecule has 0 aliphatic heterocycles. The lowest BCUT2D eigenvalue weighted by Gasteiger charge is -2.20. The molecule has 1 aliphatic rings. The zero-order valence-corrected chi connectivity index (χ0v) is 13.1. The average molecular weight is 337 g/mol. The number of rotatable bonds is 4. The fraction of sp³-hybridized carbons (Fsp3) is 0.200. The Hall–Kier alpha value is -2.21. The molecule has 0 heterocycles. The molecule has 122 valence electrons. The molecule has 8 heteroatoms. The first-order valence-corrected chi connectivity index (χ1v) is 8.31. The molecule has 0 saturated carbocycles. The summed E-state index contributed by atoms with van der Waals surface area (Å²) in [5, 5.41) is 19.1. The van der Waals surface area contributed by atoms with E-state index in [1.165, 1.54) is 30.4 Å². The van der Waals surface area contributed by atoms with Crippen LogP contribution in [0.5, 0.6) is 5.75 Å². The SMILES string of the molecule is CC(C(=O)C1C=C(O)C=CC1=NP(=O)(O)O)c1cccc(O)c1. The number of hydrogen-bond donors (Lipinski definition) is 4. The molecule has 1 aromatic carbocycles. The number of aliphatic hydroxyl groups is 1. The third-order valence-electron chi connectivity index (χ3n) is 3.43. The van der Waals surface area contributed by atoms with Crippen molar-refractivity contribution >= 4 is 19.2 Å². The van der Waals surface area contributed by atoms with E-state index in [1.54, 1.807) is 19.1 Å². The number of hydrogen-bond acceptors (Lipinski definition) is 4. The van der Waals surface area contributed by atoms with Gasteiger partial charge in [-0.15, -0.1) is 0 Å². The van der Waals surface area contributed by atoms with Crippen LogP contribution in [0.25, 0.3) is 0 Å². The molecule has 0 spiro atoms. The van der Waals surface area contributed by atoms with Crippen LogP contribution < -0.4 is 0 Å². The highest BCUT2D eigenvalue weighted by atomic mass is 31.2. The zero-order chi connectivity index (χ0) is 17.2. The van der Waals surface area contributed by atoms with Gasteiger partial charge in [0.15, 0.2) is 5.78 Å². The maximum atomic E-state index is 12.6. The minimum Gasteiger partial charge on any atom is -0.508 e. The number of carbonyl (C=O) groups is 1. The molecule has 0 aromatic heterocycles. The molecule has 23 heavy (non-hydrogen) atoms. The Kier molecular flexibility index (Phi) is 4.85. The minimum atomic E-state index is -4.71. The minimum absolute atomic E-state index is 0.00758. The molecule has 1 aliphatic carbocycles. The molecule has 0 fully saturated rings. The Labute approximate surface area is 132 Å². The first-order valence-electron chi connectivity index (χ1n) is 6.74. The Morgan fingerprint density at radius 3 is 2.57 bits per heavy atom. The second-order valence-electron chi connectivity index (χ2n) is 5.16. The Morgan fingerprint density at radius 2 is 1.96 bits per heavy atom. The van der Waals surface area contributed by atoms with Crippen LogP contribution in [0.4, 0.5) is 0 Å². The van der Waals surface area contributed by atoms with Gasteiger partial charge >= 0.3 is 7.75 Å². The molecule has 1 aromatic rings. The molecule has 2 unspecified atom stereocenters. The molecule has 4 N–H and O–H groups in total. The topological polar surface area (TPSA) is 127 Å². The van der Waals surface area contributed by atoms with Crippen molar-refractivity contribution in [3.8, 4) is 5.75 Å². The van der Waals surface area contributed by atoms with Gasteiger partial charge < -0.3 is 20.0 Å². The lowest BCUT2D eigenvalue weighted by Crippen LogP contribution is -2.27. The maximum Gasteiger partial charge on any atom is 0.448 e. The summed E-state index contributed by atoms with van der Waals surface area (Å²) in [6, 6.07) is 6.15. The number of ketones is 1. The fourth-order valence-electron chi connectivity index (χ4n) is 2.29. The zero-order valence-electron chi connectivity index (χ0n) is 12.2. The van der Waals surface area contributed by atoms with E-state index in [-0.39, 0.29) is 17.2 Å². The molecule has 2 atom stereocenters. The molecule has 7 nitrogen and oxygen atoms in total. The molecular formula is C15H16NO6P. The van der Waals surface area contributed by atoms with Gasteiger partial charge in [-0.05, 0) is 35.9 Å². The number of allylic oxidation sites excluding steroid dienone is 3. The van der Waals surface area contributed by atoms with E-state index < -0.39 is 25.4 Å². The summed E-state index contributed by atoms with van der Waals surface area (Å²) in [4.78, 5) is 30.6. The second kappa shape index (κ2) is 6.50. The van der Waals surface area contributed by atoms with Gasteiger partial charge in [0.2, 0.25) is 0 Å². The van der Waals surface area contributed by atoms with Crippen molar-refractivity contribution in [2.45, 2.75) is 12.8 Å². The van der Waals surface area contributed by atoms with Crippen molar-refractivity contribution in [2.24, 2.45) is 10.7 Å². The number of Topliss-reactive ketones (excluding diaryl/α,β-unsaturated/α-hetero) is 1. The quantitative estimate of drug-likeness (QED) is 0.624. The Bertz CT molecular complexity index is 761. The monoisotopic (exact) mass is 337 g/mol. The highest BCUT2D eigenvalue weighted by Crippen LogP contribution is 2.38. The van der Waals surface area contributed by atoms with Crippen LogP contribution >= 0.6 is 7.75 Å². The third-order valence-corrected chi connectivity index (χ3v) is 3.92. The molecule has 2 rings (SSSR count). The first-order chi connectivity index (χ1) is 10.7. The summed E-state index contributed by atoms with van der Waals surface area (Å²) in [5.41, 5.74) is 0.432. The largest absolute Gasteiger partial charge is 0.508 e. The van der Waals surface area contributed by atoms with Crippen molar-refractivity contribution in [3.05, 3.63) is 53.8 Å². The standard InChI is InChI=1S/C15H16NO6P/c1-9(10-3-2-4-11(17)7-10)15(19)13-8-12(18)5-6-14(13)16-23(20,21)22/h2-9,13,17-18H,1H3,(H2,20,21,22). The number of carbonyl (C=O) groups excluding carboxylic acids is 1. The predicted molar refractivity (Wildman–Crippen MR) is 84.3 cm³/mol. The molecule has 0 saturated heterocycles. The number of benzene rings is 1. The van der Waals surface area contributed by atoms with Gasteiger partial charge in [-0.3, -0.25) is 4.79 Å². The van der Waals surface area contributed by atoms with Crippen LogP contribution in [0, 0.1) is 5.92 Å². The highest BCUT2D eigenvalue weighted by Gasteiger charge is 2.30. The van der Waals surface area contributed by atoms with Crippen LogP contribution in [0.15, 0.2) is 53.0 Å². The smallest absolute Gasteiger partial charge is 0.448 e. The van der Waals surface area contributed by atoms with Crippen LogP contribution in [0.3, 0.4) is 0 Å². The number of nitrogens with zero attached hydrogens (tertiary/aromatic N) is 1. The summed E-state index contributed by atoms with van der Waals surface area (Å²) < 4.78 is 14.3. The number of aliphatic hydroxyl groups excluding tert-OH is 1. The molecule has 0 amide bonds. The van der Waals surface area contributed by atoms with Gasteiger partial charge in [0.1, 0.15) is 11.5 Å². The van der Waals surface area contributed by atoms with E-state index in [0.717, 1.165) is 0 Å². The van der Waals surface area contributed by atoms with Crippen molar-refractivity contribution in [1.29, 1.82) is 0 Å². The first kappa shape index (κ1) is 17.1. The highest BCUT2D eigenvalue weighted by molar-refractivity contribution is 7.50. The average Bonchev–Trinajstić information content (AvgIpc) is 2.46. The summed E-state index contributed by atoms with van der Waals surface area (Å²) in [5.74, 6) is -2.32. The number of aromatic hydroxyl groups is 1. The molecule has 0 radical (unpaired) electrons. The Balaban J connectivity index is 2.36. The second-order valence-corrected chi connectivity index (χ2v) is 6.39. The lowest BCUT2D eigenvalue weighted by molar-refractivity contribution is -0.121. The fourth-order valence-corrected chi connectivity index (χ4v) is 2.78. The summed E-state index contributed by atoms with van der Waals surface area (Å²) in [7, 11) is -4.71. The van der Waals surface area contributed by atoms with Gasteiger partial charge in [0.25, 0.3) is 0 Å². The lowest BCUT2D eigenvalue weighted by atomic mass is 9.84.